The van der Waals surface area contributed by atoms with E-state index in [0.29, 0.717) is 29.5 Å². The van der Waals surface area contributed by atoms with Gasteiger partial charge in [0.15, 0.2) is 0 Å². The third-order valence-electron chi connectivity index (χ3n) is 7.60. The predicted octanol–water partition coefficient (Wildman–Crippen LogP) is 3.43. The van der Waals surface area contributed by atoms with Gasteiger partial charge in [-0.25, -0.2) is 0 Å². The molecule has 6 rings (SSSR count). The van der Waals surface area contributed by atoms with Gasteiger partial charge in [-0.2, -0.15) is 0 Å². The molecule has 156 valence electrons. The summed E-state index contributed by atoms with van der Waals surface area (Å²) in [5.41, 5.74) is 8.72. The van der Waals surface area contributed by atoms with E-state index in [4.69, 9.17) is 5.73 Å². The summed E-state index contributed by atoms with van der Waals surface area (Å²) < 4.78 is 0. The molecule has 5 heteroatoms. The summed E-state index contributed by atoms with van der Waals surface area (Å²) in [5, 5.41) is 5.68. The van der Waals surface area contributed by atoms with Crippen LogP contribution >= 0.6 is 0 Å². The highest BCUT2D eigenvalue weighted by molar-refractivity contribution is 6.00. The lowest BCUT2D eigenvalue weighted by molar-refractivity contribution is 0.0709. The van der Waals surface area contributed by atoms with Gasteiger partial charge >= 0.3 is 0 Å². The second-order valence-electron chi connectivity index (χ2n) is 9.13. The molecular weight excluding hydrogens is 386 g/mol. The van der Waals surface area contributed by atoms with Gasteiger partial charge in [-0.3, -0.25) is 9.59 Å². The highest BCUT2D eigenvalue weighted by Crippen LogP contribution is 2.47. The molecule has 0 unspecified atom stereocenters. The number of hydrogen-bond acceptors (Lipinski definition) is 3. The number of nitrogens with zero attached hydrogens (tertiary/aromatic N) is 1. The fraction of sp³-hybridized carbons (Fsp3) is 0.308. The number of fused-ring (bicyclic) bond motifs is 6. The smallest absolute Gasteiger partial charge is 0.254 e. The van der Waals surface area contributed by atoms with Crippen LogP contribution in [0, 0.1) is 11.8 Å². The first-order chi connectivity index (χ1) is 15.1. The second kappa shape index (κ2) is 6.92. The quantitative estimate of drug-likeness (QED) is 0.693. The monoisotopic (exact) mass is 411 g/mol. The van der Waals surface area contributed by atoms with Crippen LogP contribution in [0.1, 0.15) is 33.6 Å². The Balaban J connectivity index is 1.28. The van der Waals surface area contributed by atoms with Gasteiger partial charge < -0.3 is 16.0 Å². The standard InChI is InChI=1S/C26H25N3O2/c27-25(30)16-3-1-15(2-4-16)17-5-6-19-12-20(8-7-18(19)11-17)26(31)29-23-9-10-24(29)22-14-28-13-21(22)23/h1-8,11-12,21-24,28H,9-10,13-14H2,(H2,27,30)/t21-,22+,23-,24+. The molecule has 5 nitrogen and oxygen atoms in total. The first kappa shape index (κ1) is 18.6. The van der Waals surface area contributed by atoms with Crippen LogP contribution in [0.5, 0.6) is 0 Å². The summed E-state index contributed by atoms with van der Waals surface area (Å²) in [6.45, 7) is 2.10. The van der Waals surface area contributed by atoms with Gasteiger partial charge in [-0.1, -0.05) is 30.3 Å². The van der Waals surface area contributed by atoms with Crippen molar-refractivity contribution in [2.75, 3.05) is 13.1 Å². The van der Waals surface area contributed by atoms with Crippen molar-refractivity contribution in [2.24, 2.45) is 17.6 Å². The van der Waals surface area contributed by atoms with Crippen molar-refractivity contribution >= 4 is 22.6 Å². The Morgan fingerprint density at radius 1 is 0.774 bits per heavy atom. The van der Waals surface area contributed by atoms with Gasteiger partial charge in [0.05, 0.1) is 0 Å². The highest BCUT2D eigenvalue weighted by atomic mass is 16.2. The van der Waals surface area contributed by atoms with Gasteiger partial charge in [-0.15, -0.1) is 0 Å². The highest BCUT2D eigenvalue weighted by Gasteiger charge is 2.56. The maximum Gasteiger partial charge on any atom is 0.254 e. The number of benzene rings is 3. The summed E-state index contributed by atoms with van der Waals surface area (Å²) in [6, 6.07) is 20.4. The van der Waals surface area contributed by atoms with Gasteiger partial charge in [0.2, 0.25) is 5.91 Å². The number of carbonyl (C=O) groups is 2. The largest absolute Gasteiger partial charge is 0.366 e. The molecule has 0 spiro atoms. The molecule has 4 atom stereocenters. The number of nitrogens with two attached hydrogens (primary N) is 1. The van der Waals surface area contributed by atoms with E-state index in [9.17, 15) is 9.59 Å². The Morgan fingerprint density at radius 3 is 2.03 bits per heavy atom. The Kier molecular flexibility index (Phi) is 4.15. The molecule has 3 aliphatic rings. The lowest BCUT2D eigenvalue weighted by Gasteiger charge is -2.25. The van der Waals surface area contributed by atoms with E-state index in [1.54, 1.807) is 12.1 Å². The number of carbonyl (C=O) groups excluding carboxylic acids is 2. The summed E-state index contributed by atoms with van der Waals surface area (Å²) >= 11 is 0. The molecule has 3 heterocycles. The zero-order valence-corrected chi connectivity index (χ0v) is 17.3. The fourth-order valence-electron chi connectivity index (χ4n) is 6.10. The van der Waals surface area contributed by atoms with Crippen LogP contribution in [0.4, 0.5) is 0 Å². The third kappa shape index (κ3) is 2.87. The topological polar surface area (TPSA) is 75.4 Å². The zero-order valence-electron chi connectivity index (χ0n) is 17.3. The number of primary amides is 1. The maximum absolute atomic E-state index is 13.4. The molecule has 31 heavy (non-hydrogen) atoms. The summed E-state index contributed by atoms with van der Waals surface area (Å²) in [4.78, 5) is 26.9. The number of amides is 2. The van der Waals surface area contributed by atoms with Crippen LogP contribution in [-0.2, 0) is 0 Å². The molecule has 3 aliphatic heterocycles. The summed E-state index contributed by atoms with van der Waals surface area (Å²) in [6.07, 6.45) is 2.29. The predicted molar refractivity (Wildman–Crippen MR) is 121 cm³/mol. The van der Waals surface area contributed by atoms with Crippen molar-refractivity contribution in [3.8, 4) is 11.1 Å². The maximum atomic E-state index is 13.4. The molecule has 3 saturated heterocycles. The zero-order chi connectivity index (χ0) is 21.1. The van der Waals surface area contributed by atoms with Gasteiger partial charge in [0.1, 0.15) is 0 Å². The van der Waals surface area contributed by atoms with E-state index in [1.165, 1.54) is 0 Å². The van der Waals surface area contributed by atoms with Crippen LogP contribution in [0.3, 0.4) is 0 Å². The van der Waals surface area contributed by atoms with E-state index < -0.39 is 5.91 Å². The van der Waals surface area contributed by atoms with Crippen molar-refractivity contribution in [3.05, 3.63) is 71.8 Å². The molecule has 0 radical (unpaired) electrons. The lowest BCUT2D eigenvalue weighted by Crippen LogP contribution is -2.39. The molecule has 0 aliphatic carbocycles. The van der Waals surface area contributed by atoms with Crippen molar-refractivity contribution in [2.45, 2.75) is 24.9 Å². The Morgan fingerprint density at radius 2 is 1.35 bits per heavy atom. The van der Waals surface area contributed by atoms with E-state index in [-0.39, 0.29) is 5.91 Å². The van der Waals surface area contributed by atoms with Crippen LogP contribution < -0.4 is 11.1 Å². The fourth-order valence-corrected chi connectivity index (χ4v) is 6.10. The molecule has 3 aromatic rings. The van der Waals surface area contributed by atoms with Crippen LogP contribution in [0.2, 0.25) is 0 Å². The lowest BCUT2D eigenvalue weighted by atomic mass is 9.82. The van der Waals surface area contributed by atoms with Crippen LogP contribution in [0.25, 0.3) is 21.9 Å². The van der Waals surface area contributed by atoms with Crippen LogP contribution in [-0.4, -0.2) is 41.9 Å². The molecule has 0 aromatic heterocycles. The number of nitrogens with one attached hydrogen (secondary N) is 1. The molecular formula is C26H25N3O2. The molecule has 2 amide bonds. The third-order valence-corrected chi connectivity index (χ3v) is 7.60. The molecule has 0 saturated carbocycles. The van der Waals surface area contributed by atoms with E-state index in [0.717, 1.165) is 53.4 Å². The average Bonchev–Trinajstić information content (AvgIpc) is 3.51. The van der Waals surface area contributed by atoms with E-state index in [2.05, 4.69) is 28.4 Å². The van der Waals surface area contributed by atoms with Crippen molar-refractivity contribution in [1.29, 1.82) is 0 Å². The first-order valence-electron chi connectivity index (χ1n) is 11.1. The number of hydrogen-bond donors (Lipinski definition) is 2. The molecule has 3 aromatic carbocycles. The minimum absolute atomic E-state index is 0.190. The molecule has 3 N–H and O–H groups in total. The SMILES string of the molecule is NC(=O)c1ccc(-c2ccc3cc(C(=O)N4[C@@H]5CC[C@H]4[C@H]4CNC[C@H]45)ccc3c2)cc1. The minimum atomic E-state index is -0.423. The van der Waals surface area contributed by atoms with Gasteiger partial charge in [-0.05, 0) is 76.9 Å². The molecule has 3 fully saturated rings. The first-order valence-corrected chi connectivity index (χ1v) is 11.1. The van der Waals surface area contributed by atoms with E-state index in [1.807, 2.05) is 30.3 Å². The van der Waals surface area contributed by atoms with Gasteiger partial charge in [0, 0.05) is 36.3 Å². The summed E-state index contributed by atoms with van der Waals surface area (Å²) in [5.74, 6) is 1.03. The Labute approximate surface area is 181 Å². The Bertz CT molecular complexity index is 1190. The van der Waals surface area contributed by atoms with E-state index >= 15 is 0 Å². The molecule has 2 bridgehead atoms. The number of rotatable bonds is 3. The van der Waals surface area contributed by atoms with Gasteiger partial charge in [0.25, 0.3) is 5.91 Å². The van der Waals surface area contributed by atoms with Crippen molar-refractivity contribution in [1.82, 2.24) is 10.2 Å². The minimum Gasteiger partial charge on any atom is -0.366 e. The van der Waals surface area contributed by atoms with Crippen molar-refractivity contribution < 1.29 is 9.59 Å². The normalized spacial score (nSPS) is 26.4. The summed E-state index contributed by atoms with van der Waals surface area (Å²) in [7, 11) is 0. The van der Waals surface area contributed by atoms with Crippen molar-refractivity contribution in [3.63, 3.8) is 0 Å². The average molecular weight is 412 g/mol. The second-order valence-corrected chi connectivity index (χ2v) is 9.13. The Hall–Kier alpha value is -3.18. The van der Waals surface area contributed by atoms with Crippen LogP contribution in [0.15, 0.2) is 60.7 Å².